The molecule has 3 amide bonds. The van der Waals surface area contributed by atoms with Crippen LogP contribution in [0.15, 0.2) is 12.5 Å². The van der Waals surface area contributed by atoms with Crippen molar-refractivity contribution in [3.63, 3.8) is 0 Å². The Kier molecular flexibility index (Phi) is 15.2. The first-order chi connectivity index (χ1) is 17.2. The first-order valence-electron chi connectivity index (χ1n) is 12.5. The molecule has 36 heavy (non-hydrogen) atoms. The number of nitrogens with one attached hydrogen (secondary N) is 4. The number of imidazole rings is 1. The summed E-state index contributed by atoms with van der Waals surface area (Å²) in [5.74, 6) is -4.71. The third-order valence-corrected chi connectivity index (χ3v) is 5.58. The molecule has 1 aromatic heterocycles. The van der Waals surface area contributed by atoms with Crippen molar-refractivity contribution < 1.29 is 34.2 Å². The number of carbonyl (C=O) groups is 5. The van der Waals surface area contributed by atoms with Crippen LogP contribution >= 0.6 is 0 Å². The molecule has 0 aliphatic rings. The maximum absolute atomic E-state index is 12.5. The Labute approximate surface area is 211 Å². The third-order valence-electron chi connectivity index (χ3n) is 5.58. The zero-order valence-corrected chi connectivity index (χ0v) is 20.9. The van der Waals surface area contributed by atoms with E-state index >= 15 is 0 Å². The van der Waals surface area contributed by atoms with Crippen molar-refractivity contribution in [3.05, 3.63) is 18.2 Å². The molecular weight excluding hydrogens is 470 g/mol. The molecule has 0 saturated carbocycles. The molecule has 1 aromatic rings. The molecule has 1 heterocycles. The third kappa shape index (κ3) is 14.1. The van der Waals surface area contributed by atoms with E-state index in [0.29, 0.717) is 12.1 Å². The molecule has 0 aliphatic heterocycles. The number of hydrogen-bond donors (Lipinski definition) is 6. The van der Waals surface area contributed by atoms with E-state index in [1.807, 2.05) is 0 Å². The summed E-state index contributed by atoms with van der Waals surface area (Å²) in [5, 5.41) is 25.4. The number of nitrogens with zero attached hydrogens (tertiary/aromatic N) is 1. The van der Waals surface area contributed by atoms with Crippen LogP contribution in [0.4, 0.5) is 0 Å². The number of carboxylic acid groups (broad SMARTS) is 2. The topological polar surface area (TPSA) is 191 Å². The largest absolute Gasteiger partial charge is 0.481 e. The van der Waals surface area contributed by atoms with Crippen molar-refractivity contribution in [2.24, 2.45) is 0 Å². The van der Waals surface area contributed by atoms with Crippen molar-refractivity contribution in [2.45, 2.75) is 96.1 Å². The van der Waals surface area contributed by atoms with Gasteiger partial charge in [0.05, 0.1) is 19.3 Å². The fourth-order valence-corrected chi connectivity index (χ4v) is 3.58. The molecule has 0 bridgehead atoms. The van der Waals surface area contributed by atoms with Gasteiger partial charge < -0.3 is 31.1 Å². The highest BCUT2D eigenvalue weighted by atomic mass is 16.4. The molecular formula is C24H39N5O7. The van der Waals surface area contributed by atoms with Gasteiger partial charge in [-0.25, -0.2) is 9.78 Å². The van der Waals surface area contributed by atoms with E-state index in [0.717, 1.165) is 19.3 Å². The van der Waals surface area contributed by atoms with Crippen LogP contribution in [0.25, 0.3) is 0 Å². The van der Waals surface area contributed by atoms with E-state index in [9.17, 15) is 29.1 Å². The van der Waals surface area contributed by atoms with Gasteiger partial charge in [-0.2, -0.15) is 0 Å². The molecule has 0 aromatic carbocycles. The maximum Gasteiger partial charge on any atom is 0.326 e. The lowest BCUT2D eigenvalue weighted by molar-refractivity contribution is -0.143. The Morgan fingerprint density at radius 3 is 2.08 bits per heavy atom. The molecule has 0 radical (unpaired) electrons. The van der Waals surface area contributed by atoms with E-state index < -0.39 is 48.8 Å². The molecule has 0 saturated heterocycles. The molecule has 12 nitrogen and oxygen atoms in total. The summed E-state index contributed by atoms with van der Waals surface area (Å²) in [6.45, 7) is 1.76. The number of carbonyl (C=O) groups excluding carboxylic acids is 3. The molecule has 202 valence electrons. The van der Waals surface area contributed by atoms with E-state index in [2.05, 4.69) is 32.8 Å². The number of H-pyrrole nitrogens is 1. The summed E-state index contributed by atoms with van der Waals surface area (Å²) in [6, 6.07) is -2.87. The van der Waals surface area contributed by atoms with Gasteiger partial charge in [-0.15, -0.1) is 0 Å². The van der Waals surface area contributed by atoms with Crippen molar-refractivity contribution in [3.8, 4) is 0 Å². The van der Waals surface area contributed by atoms with Gasteiger partial charge >= 0.3 is 11.9 Å². The van der Waals surface area contributed by atoms with Crippen molar-refractivity contribution in [1.82, 2.24) is 25.9 Å². The van der Waals surface area contributed by atoms with Crippen molar-refractivity contribution in [2.75, 3.05) is 6.54 Å². The number of unbranched alkanes of at least 4 members (excludes halogenated alkanes) is 8. The summed E-state index contributed by atoms with van der Waals surface area (Å²) in [5.41, 5.74) is 0.455. The standard InChI is InChI=1S/C24H39N5O7/c1-2-3-4-5-6-7-8-9-10-11-20(30)26-15-21(31)28-18(13-22(32)33)23(34)29-19(24(35)36)12-17-14-25-16-27-17/h14,16,18-19H,2-13,15H2,1H3,(H,25,27)(H,26,30)(H,28,31)(H,29,34)(H,32,33)(H,35,36)/t18-,19-/m0/s1. The van der Waals surface area contributed by atoms with Gasteiger partial charge in [-0.05, 0) is 6.42 Å². The smallest absolute Gasteiger partial charge is 0.326 e. The summed E-state index contributed by atoms with van der Waals surface area (Å²) in [6.07, 6.45) is 12.2. The van der Waals surface area contributed by atoms with Crippen LogP contribution in [-0.4, -0.2) is 68.5 Å². The number of aromatic amines is 1. The maximum atomic E-state index is 12.5. The number of rotatable bonds is 20. The summed E-state index contributed by atoms with van der Waals surface area (Å²) >= 11 is 0. The molecule has 2 atom stereocenters. The Morgan fingerprint density at radius 1 is 0.889 bits per heavy atom. The number of aromatic nitrogens is 2. The normalized spacial score (nSPS) is 12.4. The highest BCUT2D eigenvalue weighted by Crippen LogP contribution is 2.10. The van der Waals surface area contributed by atoms with E-state index in [-0.39, 0.29) is 18.7 Å². The monoisotopic (exact) mass is 509 g/mol. The number of aliphatic carboxylic acids is 2. The first kappa shape index (κ1) is 30.6. The minimum Gasteiger partial charge on any atom is -0.481 e. The Bertz CT molecular complexity index is 829. The average molecular weight is 510 g/mol. The van der Waals surface area contributed by atoms with Gasteiger partial charge in [0, 0.05) is 24.7 Å². The van der Waals surface area contributed by atoms with Crippen molar-refractivity contribution >= 4 is 29.7 Å². The van der Waals surface area contributed by atoms with Crippen LogP contribution in [0.2, 0.25) is 0 Å². The molecule has 12 heteroatoms. The van der Waals surface area contributed by atoms with Gasteiger partial charge in [0.1, 0.15) is 12.1 Å². The van der Waals surface area contributed by atoms with Crippen LogP contribution in [0.1, 0.15) is 83.2 Å². The second-order valence-electron chi connectivity index (χ2n) is 8.75. The lowest BCUT2D eigenvalue weighted by atomic mass is 10.1. The summed E-state index contributed by atoms with van der Waals surface area (Å²) in [4.78, 5) is 65.9. The lowest BCUT2D eigenvalue weighted by Crippen LogP contribution is -2.54. The first-order valence-corrected chi connectivity index (χ1v) is 12.5. The second kappa shape index (κ2) is 17.9. The fraction of sp³-hybridized carbons (Fsp3) is 0.667. The number of hydrogen-bond acceptors (Lipinski definition) is 6. The van der Waals surface area contributed by atoms with Gasteiger partial charge in [0.2, 0.25) is 17.7 Å². The predicted molar refractivity (Wildman–Crippen MR) is 131 cm³/mol. The predicted octanol–water partition coefficient (Wildman–Crippen LogP) is 1.52. The Hall–Kier alpha value is -3.44. The molecule has 0 aliphatic carbocycles. The van der Waals surface area contributed by atoms with E-state index in [4.69, 9.17) is 5.11 Å². The Balaban J connectivity index is 2.40. The fourth-order valence-electron chi connectivity index (χ4n) is 3.58. The Morgan fingerprint density at radius 2 is 1.53 bits per heavy atom. The minimum absolute atomic E-state index is 0.107. The number of amides is 3. The SMILES string of the molecule is CCCCCCCCCCCC(=O)NCC(=O)N[C@@H](CC(=O)O)C(=O)N[C@@H](Cc1cnc[nH]1)C(=O)O. The molecule has 0 fully saturated rings. The number of carboxylic acids is 2. The van der Waals surface area contributed by atoms with Crippen molar-refractivity contribution in [1.29, 1.82) is 0 Å². The van der Waals surface area contributed by atoms with Crippen LogP contribution in [0.5, 0.6) is 0 Å². The van der Waals surface area contributed by atoms with Crippen LogP contribution in [-0.2, 0) is 30.4 Å². The summed E-state index contributed by atoms with van der Waals surface area (Å²) < 4.78 is 0. The van der Waals surface area contributed by atoms with Crippen LogP contribution in [0, 0.1) is 0 Å². The van der Waals surface area contributed by atoms with Gasteiger partial charge in [-0.1, -0.05) is 58.3 Å². The highest BCUT2D eigenvalue weighted by molar-refractivity contribution is 5.94. The summed E-state index contributed by atoms with van der Waals surface area (Å²) in [7, 11) is 0. The quantitative estimate of drug-likeness (QED) is 0.142. The van der Waals surface area contributed by atoms with Gasteiger partial charge in [0.15, 0.2) is 0 Å². The van der Waals surface area contributed by atoms with Gasteiger partial charge in [0.25, 0.3) is 0 Å². The molecule has 0 unspecified atom stereocenters. The zero-order chi connectivity index (χ0) is 26.8. The average Bonchev–Trinajstić information content (AvgIpc) is 3.33. The highest BCUT2D eigenvalue weighted by Gasteiger charge is 2.28. The van der Waals surface area contributed by atoms with Crippen LogP contribution in [0.3, 0.4) is 0 Å². The molecule has 1 rings (SSSR count). The van der Waals surface area contributed by atoms with Gasteiger partial charge in [-0.3, -0.25) is 19.2 Å². The van der Waals surface area contributed by atoms with E-state index in [1.165, 1.54) is 44.6 Å². The van der Waals surface area contributed by atoms with Crippen LogP contribution < -0.4 is 16.0 Å². The molecule has 0 spiro atoms. The minimum atomic E-state index is -1.51. The van der Waals surface area contributed by atoms with E-state index in [1.54, 1.807) is 0 Å². The lowest BCUT2D eigenvalue weighted by Gasteiger charge is -2.20. The molecule has 6 N–H and O–H groups in total. The zero-order valence-electron chi connectivity index (χ0n) is 20.9. The second-order valence-corrected chi connectivity index (χ2v) is 8.75.